The van der Waals surface area contributed by atoms with Crippen LogP contribution < -0.4 is 5.32 Å². The van der Waals surface area contributed by atoms with Crippen LogP contribution in [-0.2, 0) is 11.2 Å². The van der Waals surface area contributed by atoms with Crippen molar-refractivity contribution in [1.29, 1.82) is 0 Å². The Morgan fingerprint density at radius 3 is 2.65 bits per heavy atom. The maximum atomic E-state index is 13.7. The molecule has 0 saturated heterocycles. The number of carbonyl (C=O) groups excluding carboxylic acids is 1. The number of aromatic nitrogens is 1. The predicted molar refractivity (Wildman–Crippen MR) is 85.3 cm³/mol. The standard InChI is InChI=1S/C18H15FN2O2/c19-16-4-2-1-3-15(16)17-7-5-14(23-17)6-8-18(22)21-13-9-11-20-12-10-13/h1-5,7,9-12H,6,8H2,(H,20,21,22). The van der Waals surface area contributed by atoms with Crippen molar-refractivity contribution in [3.8, 4) is 11.3 Å². The lowest BCUT2D eigenvalue weighted by Crippen LogP contribution is -2.12. The summed E-state index contributed by atoms with van der Waals surface area (Å²) < 4.78 is 19.3. The monoisotopic (exact) mass is 310 g/mol. The first-order valence-electron chi connectivity index (χ1n) is 7.26. The second-order valence-corrected chi connectivity index (χ2v) is 5.03. The number of carbonyl (C=O) groups is 1. The van der Waals surface area contributed by atoms with Gasteiger partial charge in [-0.05, 0) is 36.4 Å². The number of aryl methyl sites for hydroxylation is 1. The van der Waals surface area contributed by atoms with E-state index in [1.807, 2.05) is 0 Å². The smallest absolute Gasteiger partial charge is 0.224 e. The SMILES string of the molecule is O=C(CCc1ccc(-c2ccccc2F)o1)Nc1ccncc1. The summed E-state index contributed by atoms with van der Waals surface area (Å²) in [5.41, 5.74) is 1.12. The third-order valence-electron chi connectivity index (χ3n) is 3.36. The molecule has 3 rings (SSSR count). The van der Waals surface area contributed by atoms with Crippen molar-refractivity contribution in [2.75, 3.05) is 5.32 Å². The van der Waals surface area contributed by atoms with E-state index in [0.717, 1.165) is 0 Å². The molecule has 0 unspecified atom stereocenters. The zero-order valence-electron chi connectivity index (χ0n) is 12.3. The van der Waals surface area contributed by atoms with Gasteiger partial charge in [-0.1, -0.05) is 12.1 Å². The number of anilines is 1. The van der Waals surface area contributed by atoms with E-state index in [1.54, 1.807) is 54.9 Å². The van der Waals surface area contributed by atoms with Crippen LogP contribution in [0.3, 0.4) is 0 Å². The number of rotatable bonds is 5. The van der Waals surface area contributed by atoms with Gasteiger partial charge in [-0.3, -0.25) is 9.78 Å². The lowest BCUT2D eigenvalue weighted by atomic mass is 10.1. The van der Waals surface area contributed by atoms with E-state index >= 15 is 0 Å². The highest BCUT2D eigenvalue weighted by atomic mass is 19.1. The van der Waals surface area contributed by atoms with Gasteiger partial charge in [0.2, 0.25) is 5.91 Å². The van der Waals surface area contributed by atoms with Crippen molar-refractivity contribution in [3.05, 3.63) is 72.5 Å². The minimum atomic E-state index is -0.330. The van der Waals surface area contributed by atoms with Crippen molar-refractivity contribution in [3.63, 3.8) is 0 Å². The molecule has 0 aliphatic rings. The Labute approximate surface area is 133 Å². The molecule has 2 aromatic heterocycles. The summed E-state index contributed by atoms with van der Waals surface area (Å²) in [7, 11) is 0. The summed E-state index contributed by atoms with van der Waals surface area (Å²) in [5.74, 6) is 0.671. The quantitative estimate of drug-likeness (QED) is 0.773. The number of benzene rings is 1. The summed E-state index contributed by atoms with van der Waals surface area (Å²) in [5, 5.41) is 2.78. The molecule has 1 N–H and O–H groups in total. The number of pyridine rings is 1. The molecule has 5 heteroatoms. The largest absolute Gasteiger partial charge is 0.461 e. The van der Waals surface area contributed by atoms with Crippen LogP contribution in [0.4, 0.5) is 10.1 Å². The van der Waals surface area contributed by atoms with E-state index in [2.05, 4.69) is 10.3 Å². The number of hydrogen-bond acceptors (Lipinski definition) is 3. The molecule has 1 aromatic carbocycles. The summed E-state index contributed by atoms with van der Waals surface area (Å²) in [4.78, 5) is 15.8. The maximum Gasteiger partial charge on any atom is 0.224 e. The first-order chi connectivity index (χ1) is 11.2. The summed E-state index contributed by atoms with van der Waals surface area (Å²) >= 11 is 0. The zero-order chi connectivity index (χ0) is 16.1. The van der Waals surface area contributed by atoms with Gasteiger partial charge in [-0.25, -0.2) is 4.39 Å². The summed E-state index contributed by atoms with van der Waals surface area (Å²) in [6, 6.07) is 13.4. The summed E-state index contributed by atoms with van der Waals surface area (Å²) in [6.07, 6.45) is 3.96. The molecule has 4 nitrogen and oxygen atoms in total. The molecule has 0 aliphatic carbocycles. The Hall–Kier alpha value is -2.95. The Kier molecular flexibility index (Phi) is 4.47. The molecule has 2 heterocycles. The molecular formula is C18H15FN2O2. The minimum absolute atomic E-state index is 0.111. The van der Waals surface area contributed by atoms with Gasteiger partial charge in [0, 0.05) is 30.9 Å². The molecule has 116 valence electrons. The molecular weight excluding hydrogens is 295 g/mol. The molecule has 0 bridgehead atoms. The third-order valence-corrected chi connectivity index (χ3v) is 3.36. The zero-order valence-corrected chi connectivity index (χ0v) is 12.3. The van der Waals surface area contributed by atoms with E-state index < -0.39 is 0 Å². The number of nitrogens with zero attached hydrogens (tertiary/aromatic N) is 1. The average Bonchev–Trinajstić information content (AvgIpc) is 3.03. The van der Waals surface area contributed by atoms with Crippen LogP contribution in [0.15, 0.2) is 65.3 Å². The molecule has 0 atom stereocenters. The molecule has 0 radical (unpaired) electrons. The maximum absolute atomic E-state index is 13.7. The normalized spacial score (nSPS) is 10.5. The second kappa shape index (κ2) is 6.87. The Balaban J connectivity index is 1.59. The van der Waals surface area contributed by atoms with Crippen LogP contribution in [0.1, 0.15) is 12.2 Å². The fourth-order valence-corrected chi connectivity index (χ4v) is 2.21. The fraction of sp³-hybridized carbons (Fsp3) is 0.111. The number of hydrogen-bond donors (Lipinski definition) is 1. The van der Waals surface area contributed by atoms with Crippen LogP contribution >= 0.6 is 0 Å². The van der Waals surface area contributed by atoms with E-state index in [1.165, 1.54) is 6.07 Å². The number of furan rings is 1. The van der Waals surface area contributed by atoms with E-state index in [-0.39, 0.29) is 18.1 Å². The van der Waals surface area contributed by atoms with Gasteiger partial charge < -0.3 is 9.73 Å². The van der Waals surface area contributed by atoms with Crippen molar-refractivity contribution in [2.24, 2.45) is 0 Å². The number of nitrogens with one attached hydrogen (secondary N) is 1. The van der Waals surface area contributed by atoms with Crippen LogP contribution in [0.25, 0.3) is 11.3 Å². The van der Waals surface area contributed by atoms with E-state index in [0.29, 0.717) is 29.2 Å². The van der Waals surface area contributed by atoms with Gasteiger partial charge in [0.25, 0.3) is 0 Å². The number of amides is 1. The van der Waals surface area contributed by atoms with E-state index in [4.69, 9.17) is 4.42 Å². The van der Waals surface area contributed by atoms with Crippen molar-refractivity contribution >= 4 is 11.6 Å². The first kappa shape index (κ1) is 15.0. The Bertz CT molecular complexity index is 800. The van der Waals surface area contributed by atoms with Crippen LogP contribution in [0.2, 0.25) is 0 Å². The molecule has 0 aliphatic heterocycles. The third kappa shape index (κ3) is 3.83. The molecule has 3 aromatic rings. The van der Waals surface area contributed by atoms with Crippen LogP contribution in [-0.4, -0.2) is 10.9 Å². The van der Waals surface area contributed by atoms with Crippen molar-refractivity contribution in [2.45, 2.75) is 12.8 Å². The highest BCUT2D eigenvalue weighted by molar-refractivity contribution is 5.90. The lowest BCUT2D eigenvalue weighted by Gasteiger charge is -2.03. The van der Waals surface area contributed by atoms with E-state index in [9.17, 15) is 9.18 Å². The van der Waals surface area contributed by atoms with Gasteiger partial charge in [0.05, 0.1) is 5.56 Å². The van der Waals surface area contributed by atoms with Crippen molar-refractivity contribution in [1.82, 2.24) is 4.98 Å². The Morgan fingerprint density at radius 1 is 1.09 bits per heavy atom. The highest BCUT2D eigenvalue weighted by Crippen LogP contribution is 2.25. The number of halogens is 1. The van der Waals surface area contributed by atoms with Crippen LogP contribution in [0.5, 0.6) is 0 Å². The van der Waals surface area contributed by atoms with Gasteiger partial charge in [-0.15, -0.1) is 0 Å². The molecule has 1 amide bonds. The molecule has 23 heavy (non-hydrogen) atoms. The molecule has 0 spiro atoms. The molecule has 0 saturated carbocycles. The van der Waals surface area contributed by atoms with Gasteiger partial charge >= 0.3 is 0 Å². The van der Waals surface area contributed by atoms with Crippen LogP contribution in [0, 0.1) is 5.82 Å². The fourth-order valence-electron chi connectivity index (χ4n) is 2.21. The molecule has 0 fully saturated rings. The van der Waals surface area contributed by atoms with Gasteiger partial charge in [0.1, 0.15) is 17.3 Å². The highest BCUT2D eigenvalue weighted by Gasteiger charge is 2.10. The minimum Gasteiger partial charge on any atom is -0.461 e. The van der Waals surface area contributed by atoms with Crippen molar-refractivity contribution < 1.29 is 13.6 Å². The van der Waals surface area contributed by atoms with Gasteiger partial charge in [-0.2, -0.15) is 0 Å². The first-order valence-corrected chi connectivity index (χ1v) is 7.26. The Morgan fingerprint density at radius 2 is 1.87 bits per heavy atom. The lowest BCUT2D eigenvalue weighted by molar-refractivity contribution is -0.116. The second-order valence-electron chi connectivity index (χ2n) is 5.03. The average molecular weight is 310 g/mol. The summed E-state index contributed by atoms with van der Waals surface area (Å²) in [6.45, 7) is 0. The van der Waals surface area contributed by atoms with Gasteiger partial charge in [0.15, 0.2) is 0 Å². The predicted octanol–water partition coefficient (Wildman–Crippen LogP) is 4.05. The topological polar surface area (TPSA) is 55.1 Å².